The first-order valence-corrected chi connectivity index (χ1v) is 19.8. The second-order valence-electron chi connectivity index (χ2n) is 13.5. The molecule has 0 bridgehead atoms. The maximum Gasteiger partial charge on any atom is 0.119 e. The van der Waals surface area contributed by atoms with Crippen LogP contribution in [-0.2, 0) is 6.42 Å². The predicted molar refractivity (Wildman–Crippen MR) is 200 cm³/mol. The number of rotatable bonds is 20. The molecular weight excluding hydrogens is 593 g/mol. The van der Waals surface area contributed by atoms with Gasteiger partial charge in [-0.2, -0.15) is 0 Å². The highest BCUT2D eigenvalue weighted by Crippen LogP contribution is 2.44. The Bertz CT molecular complexity index is 1360. The molecular formula is C40H56OS3. The highest BCUT2D eigenvalue weighted by atomic mass is 32.1. The highest BCUT2D eigenvalue weighted by molar-refractivity contribution is 7.27. The minimum absolute atomic E-state index is 0.722. The van der Waals surface area contributed by atoms with Crippen molar-refractivity contribution in [3.8, 4) is 35.7 Å². The van der Waals surface area contributed by atoms with Crippen LogP contribution < -0.4 is 4.74 Å². The van der Waals surface area contributed by atoms with Gasteiger partial charge in [0.05, 0.1) is 6.61 Å². The van der Waals surface area contributed by atoms with E-state index in [1.807, 2.05) is 34.0 Å². The molecule has 4 heteroatoms. The highest BCUT2D eigenvalue weighted by Gasteiger charge is 2.14. The van der Waals surface area contributed by atoms with Crippen molar-refractivity contribution in [3.63, 3.8) is 0 Å². The van der Waals surface area contributed by atoms with Crippen LogP contribution in [0, 0.1) is 24.7 Å². The normalized spacial score (nSPS) is 13.1. The summed E-state index contributed by atoms with van der Waals surface area (Å²) >= 11 is 5.82. The summed E-state index contributed by atoms with van der Waals surface area (Å²) < 4.78 is 6.15. The average molecular weight is 649 g/mol. The molecule has 4 rings (SSSR count). The minimum atomic E-state index is 0.722. The summed E-state index contributed by atoms with van der Waals surface area (Å²) in [5.74, 6) is 3.41. The Balaban J connectivity index is 1.22. The first-order valence-electron chi connectivity index (χ1n) is 17.3. The molecule has 0 N–H and O–H groups in total. The number of unbranched alkanes of at least 4 members (excludes halogenated alkanes) is 3. The summed E-state index contributed by atoms with van der Waals surface area (Å²) in [6, 6.07) is 20.4. The van der Waals surface area contributed by atoms with Gasteiger partial charge in [0.15, 0.2) is 0 Å². The second-order valence-corrected chi connectivity index (χ2v) is 16.8. The Labute approximate surface area is 281 Å². The van der Waals surface area contributed by atoms with Crippen LogP contribution in [0.25, 0.3) is 29.9 Å². The zero-order chi connectivity index (χ0) is 31.3. The van der Waals surface area contributed by atoms with Gasteiger partial charge < -0.3 is 4.74 Å². The van der Waals surface area contributed by atoms with E-state index < -0.39 is 0 Å². The van der Waals surface area contributed by atoms with E-state index in [1.165, 1.54) is 111 Å². The summed E-state index contributed by atoms with van der Waals surface area (Å²) in [6.45, 7) is 14.8. The zero-order valence-electron chi connectivity index (χ0n) is 28.3. The van der Waals surface area contributed by atoms with Crippen molar-refractivity contribution in [3.05, 3.63) is 65.0 Å². The number of hydrogen-bond acceptors (Lipinski definition) is 4. The van der Waals surface area contributed by atoms with Crippen LogP contribution in [0.4, 0.5) is 0 Å². The lowest BCUT2D eigenvalue weighted by molar-refractivity contribution is 0.274. The van der Waals surface area contributed by atoms with Crippen molar-refractivity contribution < 1.29 is 4.74 Å². The Kier molecular flexibility index (Phi) is 14.6. The van der Waals surface area contributed by atoms with E-state index in [1.54, 1.807) is 0 Å². The van der Waals surface area contributed by atoms with Crippen LogP contribution in [0.15, 0.2) is 54.6 Å². The number of aryl methyl sites for hydroxylation is 2. The van der Waals surface area contributed by atoms with Gasteiger partial charge in [0.1, 0.15) is 5.75 Å². The Morgan fingerprint density at radius 1 is 0.614 bits per heavy atom. The molecule has 0 aliphatic rings. The third kappa shape index (κ3) is 11.2. The lowest BCUT2D eigenvalue weighted by Crippen LogP contribution is -2.05. The van der Waals surface area contributed by atoms with Gasteiger partial charge in [-0.15, -0.1) is 34.0 Å². The lowest BCUT2D eigenvalue weighted by atomic mass is 9.93. The van der Waals surface area contributed by atoms with Crippen LogP contribution >= 0.6 is 34.0 Å². The molecule has 1 aromatic carbocycles. The minimum Gasteiger partial charge on any atom is -0.494 e. The van der Waals surface area contributed by atoms with E-state index in [9.17, 15) is 0 Å². The topological polar surface area (TPSA) is 9.23 Å². The summed E-state index contributed by atoms with van der Waals surface area (Å²) in [7, 11) is 0. The number of thiophene rings is 3. The van der Waals surface area contributed by atoms with E-state index in [2.05, 4.69) is 96.1 Å². The molecule has 0 aliphatic heterocycles. The summed E-state index contributed by atoms with van der Waals surface area (Å²) in [5, 5.41) is 0. The van der Waals surface area contributed by atoms with Gasteiger partial charge in [-0.05, 0) is 110 Å². The van der Waals surface area contributed by atoms with Crippen molar-refractivity contribution in [2.45, 2.75) is 119 Å². The van der Waals surface area contributed by atoms with Crippen molar-refractivity contribution in [1.29, 1.82) is 0 Å². The summed E-state index contributed by atoms with van der Waals surface area (Å²) in [5.41, 5.74) is 2.63. The molecule has 4 aromatic rings. The SMILES string of the molecule is CCCCCCc1ccc(-c2ccc(-c3sc(-c4ccc(OCCC(C)CCCC(C)CCCC(C)C)cc4)cc3C)s2)s1. The Morgan fingerprint density at radius 2 is 1.27 bits per heavy atom. The van der Waals surface area contributed by atoms with Crippen LogP contribution in [0.1, 0.15) is 116 Å². The van der Waals surface area contributed by atoms with Crippen LogP contribution in [0.5, 0.6) is 5.75 Å². The van der Waals surface area contributed by atoms with Crippen molar-refractivity contribution in [2.24, 2.45) is 17.8 Å². The summed E-state index contributed by atoms with van der Waals surface area (Å²) in [6.07, 6.45) is 15.9. The third-order valence-electron chi connectivity index (χ3n) is 8.82. The van der Waals surface area contributed by atoms with E-state index >= 15 is 0 Å². The van der Waals surface area contributed by atoms with Gasteiger partial charge in [-0.3, -0.25) is 0 Å². The largest absolute Gasteiger partial charge is 0.494 e. The molecule has 240 valence electrons. The fourth-order valence-corrected chi connectivity index (χ4v) is 9.40. The molecule has 0 spiro atoms. The monoisotopic (exact) mass is 648 g/mol. The second kappa shape index (κ2) is 18.3. The molecule has 44 heavy (non-hydrogen) atoms. The molecule has 0 fully saturated rings. The fourth-order valence-electron chi connectivity index (χ4n) is 5.90. The van der Waals surface area contributed by atoms with Gasteiger partial charge in [-0.1, -0.05) is 92.4 Å². The fraction of sp³-hybridized carbons (Fsp3) is 0.550. The molecule has 3 heterocycles. The van der Waals surface area contributed by atoms with Crippen LogP contribution in [0.3, 0.4) is 0 Å². The first kappa shape index (κ1) is 35.0. The molecule has 0 radical (unpaired) electrons. The third-order valence-corrected chi connectivity index (χ3v) is 12.7. The van der Waals surface area contributed by atoms with Crippen LogP contribution in [0.2, 0.25) is 0 Å². The van der Waals surface area contributed by atoms with Gasteiger partial charge in [0.25, 0.3) is 0 Å². The van der Waals surface area contributed by atoms with E-state index in [0.717, 1.165) is 36.5 Å². The predicted octanol–water partition coefficient (Wildman–Crippen LogP) is 14.3. The number of hydrogen-bond donors (Lipinski definition) is 0. The maximum atomic E-state index is 6.15. The Hall–Kier alpha value is -1.88. The van der Waals surface area contributed by atoms with Crippen molar-refractivity contribution in [2.75, 3.05) is 6.61 Å². The quantitative estimate of drug-likeness (QED) is 0.0867. The Morgan fingerprint density at radius 3 is 2.00 bits per heavy atom. The number of benzene rings is 1. The molecule has 0 amide bonds. The lowest BCUT2D eigenvalue weighted by Gasteiger charge is -2.15. The molecule has 1 nitrogen and oxygen atoms in total. The van der Waals surface area contributed by atoms with E-state index in [0.29, 0.717) is 0 Å². The van der Waals surface area contributed by atoms with Gasteiger partial charge in [0.2, 0.25) is 0 Å². The van der Waals surface area contributed by atoms with Crippen molar-refractivity contribution in [1.82, 2.24) is 0 Å². The van der Waals surface area contributed by atoms with E-state index in [4.69, 9.17) is 4.74 Å². The molecule has 2 unspecified atom stereocenters. The molecule has 0 saturated carbocycles. The van der Waals surface area contributed by atoms with Gasteiger partial charge in [-0.25, -0.2) is 0 Å². The van der Waals surface area contributed by atoms with Gasteiger partial charge >= 0.3 is 0 Å². The van der Waals surface area contributed by atoms with E-state index in [-0.39, 0.29) is 0 Å². The average Bonchev–Trinajstić information content (AvgIpc) is 3.75. The maximum absolute atomic E-state index is 6.15. The first-order chi connectivity index (χ1) is 21.3. The molecule has 3 aromatic heterocycles. The molecule has 0 saturated heterocycles. The van der Waals surface area contributed by atoms with Gasteiger partial charge in [0, 0.05) is 29.3 Å². The van der Waals surface area contributed by atoms with Crippen LogP contribution in [-0.4, -0.2) is 6.61 Å². The standard InChI is InChI=1S/C40H56OS3/c1-7-8-9-10-17-35-22-23-36(42-35)37-24-25-38(43-37)40-32(6)28-39(44-40)33-18-20-34(21-19-33)41-27-26-31(5)16-12-15-30(4)14-11-13-29(2)3/h18-25,28-31H,7-17,26-27H2,1-6H3. The summed E-state index contributed by atoms with van der Waals surface area (Å²) in [4.78, 5) is 8.43. The molecule has 0 aliphatic carbocycles. The van der Waals surface area contributed by atoms with Crippen molar-refractivity contribution >= 4 is 34.0 Å². The molecule has 2 atom stereocenters. The smallest absolute Gasteiger partial charge is 0.119 e. The number of ether oxygens (including phenoxy) is 1. The zero-order valence-corrected chi connectivity index (χ0v) is 30.7.